The average Bonchev–Trinajstić information content (AvgIpc) is 3.92. The standard InChI is InChI=1S/C23H18BrNO.C23H17NO/c1-23(2)16-10-4-3-8-14(16)22-20(23)15-9-7-13-19(21(15)26-22)25-18-12-6-5-11-17(18)24;1-23(2)17-9-5-3-8-15(17)21-19(23)16-12-11-14-13-7-4-6-10-18(13)24-20(14)22(16)25-21/h3-13,25H,1-2H3;3-12,24H,1-2H3. The van der Waals surface area contributed by atoms with Gasteiger partial charge in [-0.15, -0.1) is 0 Å². The molecular weight excluding hydrogens is 692 g/mol. The van der Waals surface area contributed by atoms with Crippen LogP contribution in [0, 0.1) is 0 Å². The second-order valence-electron chi connectivity index (χ2n) is 14.8. The van der Waals surface area contributed by atoms with Crippen LogP contribution >= 0.6 is 15.9 Å². The molecule has 0 spiro atoms. The molecule has 0 saturated carbocycles. The predicted octanol–water partition coefficient (Wildman–Crippen LogP) is 13.6. The minimum Gasteiger partial charge on any atom is -0.454 e. The van der Waals surface area contributed by atoms with Crippen LogP contribution in [0.15, 0.2) is 141 Å². The number of aromatic amines is 1. The van der Waals surface area contributed by atoms with Crippen LogP contribution in [-0.2, 0) is 10.8 Å². The van der Waals surface area contributed by atoms with Gasteiger partial charge in [0.15, 0.2) is 11.2 Å². The third-order valence-electron chi connectivity index (χ3n) is 11.1. The highest BCUT2D eigenvalue weighted by atomic mass is 79.9. The summed E-state index contributed by atoms with van der Waals surface area (Å²) in [6.45, 7) is 9.14. The summed E-state index contributed by atoms with van der Waals surface area (Å²) in [4.78, 5) is 3.57. The van der Waals surface area contributed by atoms with E-state index >= 15 is 0 Å². The van der Waals surface area contributed by atoms with E-state index in [1.165, 1.54) is 54.9 Å². The van der Waals surface area contributed by atoms with Gasteiger partial charge in [-0.25, -0.2) is 0 Å². The highest BCUT2D eigenvalue weighted by Gasteiger charge is 2.41. The highest BCUT2D eigenvalue weighted by molar-refractivity contribution is 9.10. The van der Waals surface area contributed by atoms with Crippen molar-refractivity contribution in [1.29, 1.82) is 0 Å². The molecule has 3 heterocycles. The second-order valence-corrected chi connectivity index (χ2v) is 15.6. The van der Waals surface area contributed by atoms with Crippen molar-refractivity contribution in [3.05, 3.63) is 154 Å². The van der Waals surface area contributed by atoms with Crippen LogP contribution < -0.4 is 5.32 Å². The third kappa shape index (κ3) is 4.25. The first-order valence-electron chi connectivity index (χ1n) is 17.5. The maximum atomic E-state index is 6.48. The number of fused-ring (bicyclic) bond motifs is 14. The molecule has 0 amide bonds. The van der Waals surface area contributed by atoms with E-state index in [2.05, 4.69) is 163 Å². The molecule has 11 rings (SSSR count). The molecule has 3 aromatic heterocycles. The van der Waals surface area contributed by atoms with Crippen molar-refractivity contribution in [3.8, 4) is 22.6 Å². The van der Waals surface area contributed by atoms with Crippen LogP contribution in [0.4, 0.5) is 11.4 Å². The van der Waals surface area contributed by atoms with Gasteiger partial charge in [0, 0.05) is 64.6 Å². The Morgan fingerprint density at radius 2 is 1.04 bits per heavy atom. The molecule has 5 heteroatoms. The van der Waals surface area contributed by atoms with Crippen molar-refractivity contribution < 1.29 is 8.83 Å². The molecule has 0 atom stereocenters. The van der Waals surface area contributed by atoms with Crippen LogP contribution in [-0.4, -0.2) is 4.98 Å². The molecular formula is C46H35BrN2O2. The number of hydrogen-bond donors (Lipinski definition) is 2. The zero-order valence-corrected chi connectivity index (χ0v) is 30.4. The maximum Gasteiger partial charge on any atom is 0.159 e. The summed E-state index contributed by atoms with van der Waals surface area (Å²) < 4.78 is 14.0. The fourth-order valence-electron chi connectivity index (χ4n) is 8.74. The van der Waals surface area contributed by atoms with Gasteiger partial charge in [0.1, 0.15) is 11.5 Å². The maximum absolute atomic E-state index is 6.48. The van der Waals surface area contributed by atoms with Gasteiger partial charge >= 0.3 is 0 Å². The van der Waals surface area contributed by atoms with Gasteiger partial charge < -0.3 is 19.1 Å². The number of halogens is 1. The molecule has 2 aliphatic carbocycles. The van der Waals surface area contributed by atoms with E-state index < -0.39 is 0 Å². The molecule has 0 bridgehead atoms. The molecule has 0 saturated heterocycles. The number of nitrogens with one attached hydrogen (secondary N) is 2. The van der Waals surface area contributed by atoms with Crippen molar-refractivity contribution in [2.45, 2.75) is 38.5 Å². The van der Waals surface area contributed by atoms with Crippen LogP contribution in [0.1, 0.15) is 49.9 Å². The Morgan fingerprint density at radius 1 is 0.510 bits per heavy atom. The van der Waals surface area contributed by atoms with E-state index in [0.717, 1.165) is 49.6 Å². The molecule has 6 aromatic carbocycles. The first-order valence-corrected chi connectivity index (χ1v) is 18.3. The number of rotatable bonds is 2. The average molecular weight is 728 g/mol. The molecule has 2 aliphatic rings. The van der Waals surface area contributed by atoms with Gasteiger partial charge in [-0.2, -0.15) is 0 Å². The summed E-state index contributed by atoms with van der Waals surface area (Å²) in [5.74, 6) is 2.03. The van der Waals surface area contributed by atoms with Crippen molar-refractivity contribution in [2.24, 2.45) is 0 Å². The fraction of sp³-hybridized carbons (Fsp3) is 0.130. The minimum atomic E-state index is -0.0663. The van der Waals surface area contributed by atoms with Crippen molar-refractivity contribution >= 4 is 71.0 Å². The second kappa shape index (κ2) is 10.7. The Bertz CT molecular complexity index is 2870. The van der Waals surface area contributed by atoms with Gasteiger partial charge in [-0.05, 0) is 51.3 Å². The number of para-hydroxylation sites is 3. The number of aromatic nitrogens is 1. The van der Waals surface area contributed by atoms with E-state index in [9.17, 15) is 0 Å². The van der Waals surface area contributed by atoms with E-state index in [1.54, 1.807) is 0 Å². The third-order valence-corrected chi connectivity index (χ3v) is 11.8. The Hall–Kier alpha value is -5.52. The smallest absolute Gasteiger partial charge is 0.159 e. The van der Waals surface area contributed by atoms with Crippen molar-refractivity contribution in [1.82, 2.24) is 4.98 Å². The molecule has 248 valence electrons. The van der Waals surface area contributed by atoms with Gasteiger partial charge in [0.05, 0.1) is 16.9 Å². The van der Waals surface area contributed by atoms with Crippen molar-refractivity contribution in [3.63, 3.8) is 0 Å². The minimum absolute atomic E-state index is 0.0448. The topological polar surface area (TPSA) is 54.1 Å². The Labute approximate surface area is 304 Å². The van der Waals surface area contributed by atoms with Gasteiger partial charge in [0.2, 0.25) is 0 Å². The zero-order chi connectivity index (χ0) is 34.6. The quantitative estimate of drug-likeness (QED) is 0.186. The molecule has 0 fully saturated rings. The first kappa shape index (κ1) is 30.3. The number of hydrogen-bond acceptors (Lipinski definition) is 3. The van der Waals surface area contributed by atoms with Crippen LogP contribution in [0.25, 0.3) is 66.4 Å². The summed E-state index contributed by atoms with van der Waals surface area (Å²) in [5.41, 5.74) is 13.7. The van der Waals surface area contributed by atoms with Gasteiger partial charge in [-0.1, -0.05) is 131 Å². The Kier molecular flexibility index (Phi) is 6.38. The SMILES string of the molecule is CC1(C)c2ccccc2-c2oc3c(Nc4ccccc4Br)cccc3c21.CC1(C)c2ccccc2-c2oc3c(ccc4c5ccccc5[nH]c43)c21. The zero-order valence-electron chi connectivity index (χ0n) is 28.8. The molecule has 9 aromatic rings. The summed E-state index contributed by atoms with van der Waals surface area (Å²) >= 11 is 3.61. The summed E-state index contributed by atoms with van der Waals surface area (Å²) in [6.07, 6.45) is 0. The fourth-order valence-corrected chi connectivity index (χ4v) is 9.12. The lowest BCUT2D eigenvalue weighted by atomic mass is 9.81. The first-order chi connectivity index (χ1) is 24.7. The largest absolute Gasteiger partial charge is 0.454 e. The molecule has 0 radical (unpaired) electrons. The van der Waals surface area contributed by atoms with Gasteiger partial charge in [-0.3, -0.25) is 0 Å². The van der Waals surface area contributed by atoms with E-state index in [4.69, 9.17) is 8.83 Å². The van der Waals surface area contributed by atoms with Crippen molar-refractivity contribution in [2.75, 3.05) is 5.32 Å². The lowest BCUT2D eigenvalue weighted by Gasteiger charge is -2.20. The Morgan fingerprint density at radius 3 is 1.75 bits per heavy atom. The number of H-pyrrole nitrogens is 1. The highest BCUT2D eigenvalue weighted by Crippen LogP contribution is 2.55. The van der Waals surface area contributed by atoms with E-state index in [0.29, 0.717) is 0 Å². The van der Waals surface area contributed by atoms with Crippen LogP contribution in [0.5, 0.6) is 0 Å². The van der Waals surface area contributed by atoms with E-state index in [-0.39, 0.29) is 10.8 Å². The van der Waals surface area contributed by atoms with Gasteiger partial charge in [0.25, 0.3) is 0 Å². The summed E-state index contributed by atoms with van der Waals surface area (Å²) in [7, 11) is 0. The van der Waals surface area contributed by atoms with Crippen LogP contribution in [0.3, 0.4) is 0 Å². The predicted molar refractivity (Wildman–Crippen MR) is 214 cm³/mol. The van der Waals surface area contributed by atoms with Crippen LogP contribution in [0.2, 0.25) is 0 Å². The lowest BCUT2D eigenvalue weighted by molar-refractivity contribution is 0.620. The summed E-state index contributed by atoms with van der Waals surface area (Å²) in [6, 6.07) is 44.5. The molecule has 0 aliphatic heterocycles. The monoisotopic (exact) mass is 726 g/mol. The normalized spacial score (nSPS) is 14.7. The molecule has 0 unspecified atom stereocenters. The number of anilines is 2. The molecule has 4 nitrogen and oxygen atoms in total. The number of benzene rings is 6. The van der Waals surface area contributed by atoms with E-state index in [1.807, 2.05) is 18.2 Å². The summed E-state index contributed by atoms with van der Waals surface area (Å²) in [5, 5.41) is 8.38. The number of furan rings is 2. The lowest BCUT2D eigenvalue weighted by Crippen LogP contribution is -2.14. The Balaban J connectivity index is 0.000000128. The molecule has 51 heavy (non-hydrogen) atoms. The molecule has 2 N–H and O–H groups in total.